The van der Waals surface area contributed by atoms with Crippen LogP contribution in [-0.4, -0.2) is 17.2 Å². The summed E-state index contributed by atoms with van der Waals surface area (Å²) in [4.78, 5) is 0. The highest BCUT2D eigenvalue weighted by molar-refractivity contribution is 9.13. The molecule has 18 rings (SSSR count). The van der Waals surface area contributed by atoms with E-state index in [4.69, 9.17) is 10.0 Å². The lowest BCUT2D eigenvalue weighted by Gasteiger charge is -2.42. The summed E-state index contributed by atoms with van der Waals surface area (Å²) in [6, 6.07) is 102. The first kappa shape index (κ1) is 50.8. The van der Waals surface area contributed by atoms with Crippen molar-refractivity contribution in [1.82, 2.24) is 0 Å². The van der Waals surface area contributed by atoms with Gasteiger partial charge >= 0.3 is 7.12 Å². The molecule has 6 aliphatic rings. The zero-order chi connectivity index (χ0) is 54.6. The first-order valence-electron chi connectivity index (χ1n) is 27.7. The molecule has 4 bridgehead atoms. The minimum atomic E-state index is -1.39. The first-order valence-corrected chi connectivity index (χ1v) is 29.3. The van der Waals surface area contributed by atoms with Gasteiger partial charge in [-0.05, 0) is 184 Å². The molecule has 0 aromatic heterocycles. The summed E-state index contributed by atoms with van der Waals surface area (Å²) in [5, 5.41) is 17.9. The lowest BCUT2D eigenvalue weighted by atomic mass is 9.60. The largest absolute Gasteiger partial charge is 0.488 e. The maximum Gasteiger partial charge on any atom is 0.488 e. The van der Waals surface area contributed by atoms with Crippen LogP contribution in [0.25, 0.3) is 55.6 Å². The summed E-state index contributed by atoms with van der Waals surface area (Å²) in [6.45, 7) is 0. The van der Waals surface area contributed by atoms with E-state index in [0.29, 0.717) is 17.3 Å². The van der Waals surface area contributed by atoms with Crippen molar-refractivity contribution in [2.45, 2.75) is 23.7 Å². The second-order valence-electron chi connectivity index (χ2n) is 21.4. The number of benzene rings is 12. The Morgan fingerprint density at radius 1 is 0.222 bits per heavy atom. The maximum atomic E-state index is 8.94. The number of hydrogen-bond donors (Lipinski definition) is 2. The molecule has 0 fully saturated rings. The highest BCUT2D eigenvalue weighted by Gasteiger charge is 2.43. The maximum absolute atomic E-state index is 8.94. The van der Waals surface area contributed by atoms with Crippen LogP contribution in [0, 0.1) is 0 Å². The van der Waals surface area contributed by atoms with E-state index < -0.39 is 7.12 Å². The van der Waals surface area contributed by atoms with Crippen molar-refractivity contribution in [2.24, 2.45) is 0 Å². The van der Waals surface area contributed by atoms with Crippen molar-refractivity contribution >= 4 is 44.4 Å². The van der Waals surface area contributed by atoms with E-state index in [0.717, 1.165) is 20.1 Å². The van der Waals surface area contributed by atoms with Crippen LogP contribution >= 0.6 is 31.9 Å². The van der Waals surface area contributed by atoms with Gasteiger partial charge in [0, 0.05) is 32.6 Å². The predicted octanol–water partition coefficient (Wildman–Crippen LogP) is 18.6. The molecule has 12 aromatic carbocycles. The summed E-state index contributed by atoms with van der Waals surface area (Å²) in [5.74, 6) is 1.21. The fourth-order valence-electron chi connectivity index (χ4n) is 13.3. The Bertz CT molecular complexity index is 3950. The smallest absolute Gasteiger partial charge is 0.423 e. The van der Waals surface area contributed by atoms with Crippen molar-refractivity contribution in [1.29, 1.82) is 0 Å². The van der Waals surface area contributed by atoms with Gasteiger partial charge in [-0.15, -0.1) is 0 Å². The second-order valence-corrected chi connectivity index (χ2v) is 23.1. The second kappa shape index (κ2) is 21.6. The third-order valence-corrected chi connectivity index (χ3v) is 18.8. The zero-order valence-corrected chi connectivity index (χ0v) is 47.3. The molecule has 6 aliphatic carbocycles. The van der Waals surface area contributed by atoms with Gasteiger partial charge in [0.25, 0.3) is 0 Å². The Morgan fingerprint density at radius 2 is 0.432 bits per heavy atom. The fraction of sp³-hybridized carbons (Fsp3) is 0.0526. The van der Waals surface area contributed by atoms with Gasteiger partial charge in [-0.3, -0.25) is 0 Å². The van der Waals surface area contributed by atoms with Crippen molar-refractivity contribution in [2.75, 3.05) is 0 Å². The van der Waals surface area contributed by atoms with E-state index in [1.807, 2.05) is 42.5 Å². The van der Waals surface area contributed by atoms with Crippen LogP contribution in [0.2, 0.25) is 0 Å². The Morgan fingerprint density at radius 3 is 0.691 bits per heavy atom. The summed E-state index contributed by atoms with van der Waals surface area (Å²) < 4.78 is 2.27. The summed E-state index contributed by atoms with van der Waals surface area (Å²) >= 11 is 7.36. The fourth-order valence-corrected chi connectivity index (χ4v) is 14.0. The van der Waals surface area contributed by atoms with Gasteiger partial charge in [-0.1, -0.05) is 261 Å². The van der Waals surface area contributed by atoms with E-state index in [2.05, 4.69) is 262 Å². The molecular formula is C76H53BBr2O2. The van der Waals surface area contributed by atoms with Gasteiger partial charge < -0.3 is 10.0 Å². The Balaban J connectivity index is 0.000000131. The number of hydrogen-bond acceptors (Lipinski definition) is 2. The number of halogens is 2. The normalized spacial score (nSPS) is 15.9. The quantitative estimate of drug-likeness (QED) is 0.163. The molecule has 0 unspecified atom stereocenters. The topological polar surface area (TPSA) is 40.5 Å². The van der Waals surface area contributed by atoms with Crippen LogP contribution in [0.3, 0.4) is 0 Å². The van der Waals surface area contributed by atoms with Gasteiger partial charge in [0.05, 0.1) is 0 Å². The highest BCUT2D eigenvalue weighted by Crippen LogP contribution is 2.59. The SMILES string of the molecule is Brc1cc2c(cc1Br)C1c3ccccc3C2c2ccccc21.OB(O)c1ccc(-c2ccccc2)cc1.c1ccc(-c2ccc(-c3cc4c(cc3-c3ccc(-c5ccccc5)cc3)C3c5ccccc5C4c4ccccc43)cc2)cc1. The van der Waals surface area contributed by atoms with Crippen molar-refractivity contribution in [3.63, 3.8) is 0 Å². The third kappa shape index (κ3) is 9.25. The average Bonchev–Trinajstić information content (AvgIpc) is 3.43. The standard InChI is InChI=1S/C44H30.C20H12Br2.C12H11BO2/c1-3-11-29(12-4-1)31-19-23-33(24-20-31)39-27-41-42(28-40(39)34-25-21-32(22-26-34)30-13-5-2-6-14-30)44-37-17-9-7-15-35(37)43(41)36-16-8-10-18-38(36)44;21-17-9-15-16(10-18(17)22)20-12-6-2-1-5-11(12)19(15)13-7-3-4-8-14(13)20;14-13(15)12-8-6-11(7-9-12)10-4-2-1-3-5-10/h1-28,43-44H;1-10,19-20H;1-9,14-15H. The summed E-state index contributed by atoms with van der Waals surface area (Å²) in [6.07, 6.45) is 0. The molecule has 0 saturated carbocycles. The lowest BCUT2D eigenvalue weighted by molar-refractivity contribution is 0.426. The number of rotatable bonds is 6. The molecule has 0 aliphatic heterocycles. The molecule has 386 valence electrons. The first-order chi connectivity index (χ1) is 39.9. The minimum Gasteiger partial charge on any atom is -0.423 e. The molecule has 0 saturated heterocycles. The van der Waals surface area contributed by atoms with Gasteiger partial charge in [-0.25, -0.2) is 0 Å². The Kier molecular flexibility index (Phi) is 13.5. The van der Waals surface area contributed by atoms with Crippen LogP contribution in [0.1, 0.15) is 90.4 Å². The monoisotopic (exact) mass is 1170 g/mol. The zero-order valence-electron chi connectivity index (χ0n) is 44.2. The molecule has 5 heteroatoms. The third-order valence-electron chi connectivity index (χ3n) is 17.0. The van der Waals surface area contributed by atoms with Crippen molar-refractivity contribution < 1.29 is 10.0 Å². The molecule has 12 aromatic rings. The van der Waals surface area contributed by atoms with E-state index in [-0.39, 0.29) is 11.8 Å². The van der Waals surface area contributed by atoms with E-state index in [9.17, 15) is 0 Å². The lowest BCUT2D eigenvalue weighted by Crippen LogP contribution is -2.29. The van der Waals surface area contributed by atoms with E-state index >= 15 is 0 Å². The molecule has 0 radical (unpaired) electrons. The molecule has 81 heavy (non-hydrogen) atoms. The van der Waals surface area contributed by atoms with Gasteiger partial charge in [0.1, 0.15) is 0 Å². The highest BCUT2D eigenvalue weighted by atomic mass is 79.9. The van der Waals surface area contributed by atoms with Crippen LogP contribution in [0.15, 0.2) is 294 Å². The molecule has 2 N–H and O–H groups in total. The van der Waals surface area contributed by atoms with Crippen LogP contribution in [0.4, 0.5) is 0 Å². The molecule has 2 nitrogen and oxygen atoms in total. The van der Waals surface area contributed by atoms with Crippen molar-refractivity contribution in [3.8, 4) is 55.6 Å². The molecule has 0 heterocycles. The van der Waals surface area contributed by atoms with Crippen molar-refractivity contribution in [3.05, 3.63) is 361 Å². The molecule has 0 amide bonds. The summed E-state index contributed by atoms with van der Waals surface area (Å²) in [7, 11) is -1.39. The Labute approximate surface area is 491 Å². The summed E-state index contributed by atoms with van der Waals surface area (Å²) in [5.41, 5.74) is 30.2. The predicted molar refractivity (Wildman–Crippen MR) is 341 cm³/mol. The van der Waals surface area contributed by atoms with E-state index in [1.54, 1.807) is 12.1 Å². The van der Waals surface area contributed by atoms with Crippen LogP contribution in [0.5, 0.6) is 0 Å². The van der Waals surface area contributed by atoms with Crippen LogP contribution in [-0.2, 0) is 0 Å². The average molecular weight is 1170 g/mol. The Hall–Kier alpha value is -8.42. The van der Waals surface area contributed by atoms with E-state index in [1.165, 1.54) is 111 Å². The van der Waals surface area contributed by atoms with Gasteiger partial charge in [-0.2, -0.15) is 0 Å². The minimum absolute atomic E-state index is 0.249. The van der Waals surface area contributed by atoms with Crippen LogP contribution < -0.4 is 5.46 Å². The molecule has 0 spiro atoms. The van der Waals surface area contributed by atoms with Gasteiger partial charge in [0.2, 0.25) is 0 Å². The molecule has 0 atom stereocenters. The molecular weight excluding hydrogens is 1120 g/mol. The van der Waals surface area contributed by atoms with Gasteiger partial charge in [0.15, 0.2) is 0 Å².